The summed E-state index contributed by atoms with van der Waals surface area (Å²) in [6.45, 7) is 8.35. The van der Waals surface area contributed by atoms with Gasteiger partial charge in [0.2, 0.25) is 10.0 Å². The lowest BCUT2D eigenvalue weighted by Gasteiger charge is -2.31. The first kappa shape index (κ1) is 38.3. The van der Waals surface area contributed by atoms with Gasteiger partial charge >= 0.3 is 13.7 Å². The number of aliphatic hydroxyl groups excluding tert-OH is 1. The molecule has 1 amide bonds. The van der Waals surface area contributed by atoms with Crippen molar-refractivity contribution in [1.82, 2.24) is 9.62 Å². The molecule has 0 bridgehead atoms. The van der Waals surface area contributed by atoms with Crippen LogP contribution in [-0.2, 0) is 50.4 Å². The molecule has 0 unspecified atom stereocenters. The highest BCUT2D eigenvalue weighted by Crippen LogP contribution is 2.51. The number of carbonyl (C=O) groups excluding carboxylic acids is 1. The molecule has 4 rings (SSSR count). The van der Waals surface area contributed by atoms with Gasteiger partial charge in [-0.1, -0.05) is 38.1 Å². The Balaban J connectivity index is 1.54. The Morgan fingerprint density at radius 3 is 2.27 bits per heavy atom. The molecule has 2 aromatic carbocycles. The number of hydrogen-bond donors (Lipinski definition) is 2. The lowest BCUT2D eigenvalue weighted by Crippen LogP contribution is -2.51. The van der Waals surface area contributed by atoms with E-state index in [0.29, 0.717) is 18.8 Å². The van der Waals surface area contributed by atoms with Crippen LogP contribution in [0.1, 0.15) is 45.2 Å². The van der Waals surface area contributed by atoms with Crippen molar-refractivity contribution in [3.05, 3.63) is 59.7 Å². The molecule has 0 aliphatic carbocycles. The van der Waals surface area contributed by atoms with Crippen molar-refractivity contribution >= 4 is 23.7 Å². The van der Waals surface area contributed by atoms with Crippen LogP contribution < -0.4 is 10.1 Å². The van der Waals surface area contributed by atoms with E-state index in [0.717, 1.165) is 11.1 Å². The highest BCUT2D eigenvalue weighted by atomic mass is 32.2. The number of aliphatic hydroxyl groups is 1. The second-order valence-corrected chi connectivity index (χ2v) is 16.3. The van der Waals surface area contributed by atoms with Crippen molar-refractivity contribution in [1.29, 1.82) is 0 Å². The Hall–Kier alpha value is -2.55. The molecule has 48 heavy (non-hydrogen) atoms. The number of amides is 1. The fourth-order valence-electron chi connectivity index (χ4n) is 5.84. The van der Waals surface area contributed by atoms with Crippen LogP contribution in [0.4, 0.5) is 4.79 Å². The van der Waals surface area contributed by atoms with Crippen molar-refractivity contribution in [2.75, 3.05) is 46.6 Å². The summed E-state index contributed by atoms with van der Waals surface area (Å²) in [5.74, 6) is 0.384. The van der Waals surface area contributed by atoms with Crippen molar-refractivity contribution < 1.29 is 50.9 Å². The molecule has 0 radical (unpaired) electrons. The Morgan fingerprint density at radius 1 is 1.02 bits per heavy atom. The van der Waals surface area contributed by atoms with Crippen molar-refractivity contribution in [2.45, 2.75) is 76.1 Å². The molecule has 15 heteroatoms. The molecule has 0 aromatic heterocycles. The third-order valence-corrected chi connectivity index (χ3v) is 12.1. The molecule has 5 atom stereocenters. The summed E-state index contributed by atoms with van der Waals surface area (Å²) >= 11 is 0. The van der Waals surface area contributed by atoms with E-state index in [9.17, 15) is 22.9 Å². The first-order chi connectivity index (χ1) is 22.9. The van der Waals surface area contributed by atoms with Gasteiger partial charge in [-0.3, -0.25) is 4.57 Å². The third-order valence-electron chi connectivity index (χ3n) is 8.17. The van der Waals surface area contributed by atoms with Gasteiger partial charge in [0.25, 0.3) is 0 Å². The minimum absolute atomic E-state index is 0.0533. The maximum atomic E-state index is 13.8. The molecule has 2 N–H and O–H groups in total. The molecular formula is C33H49N2O11PS. The maximum Gasteiger partial charge on any atom is 0.407 e. The average Bonchev–Trinajstić information content (AvgIpc) is 3.66. The second-order valence-electron chi connectivity index (χ2n) is 12.3. The number of hydrogen-bond acceptors (Lipinski definition) is 11. The number of ether oxygens (including phenoxy) is 4. The fraction of sp³-hybridized carbons (Fsp3) is 0.606. The van der Waals surface area contributed by atoms with Gasteiger partial charge in [0, 0.05) is 13.1 Å². The normalized spacial score (nSPS) is 20.9. The summed E-state index contributed by atoms with van der Waals surface area (Å²) in [4.78, 5) is 13.3. The van der Waals surface area contributed by atoms with Crippen molar-refractivity contribution in [3.63, 3.8) is 0 Å². The van der Waals surface area contributed by atoms with E-state index in [1.165, 1.54) is 23.5 Å². The largest absolute Gasteiger partial charge is 0.497 e. The van der Waals surface area contributed by atoms with E-state index in [4.69, 9.17) is 28.0 Å². The Bertz CT molecular complexity index is 1460. The standard InChI is InChI=1S/C33H49N2O11PS/c1-6-44-47(38,45-7-2)22-25-10-8-24(9-11-25)18-29(34-33(37)46-31-21-43-32-28(31)16-17-42-32)30(36)20-35(19-23(3)4)48(39,40)27-14-12-26(41-5)13-15-27/h8-15,23,28-32,36H,6-7,16-22H2,1-5H3,(H,34,37)/t28-,29-,30+,31-,32+/m0/s1. The van der Waals surface area contributed by atoms with E-state index in [1.807, 2.05) is 13.8 Å². The summed E-state index contributed by atoms with van der Waals surface area (Å²) in [5, 5.41) is 14.4. The van der Waals surface area contributed by atoms with Gasteiger partial charge in [-0.15, -0.1) is 0 Å². The maximum absolute atomic E-state index is 13.8. The lowest BCUT2D eigenvalue weighted by molar-refractivity contribution is -0.0907. The number of nitrogens with one attached hydrogen (secondary N) is 1. The van der Waals surface area contributed by atoms with Crippen LogP contribution in [0.5, 0.6) is 5.75 Å². The molecule has 2 aliphatic rings. The van der Waals surface area contributed by atoms with Gasteiger partial charge in [0.15, 0.2) is 6.29 Å². The van der Waals surface area contributed by atoms with Crippen LogP contribution >= 0.6 is 7.60 Å². The molecule has 0 saturated carbocycles. The zero-order valence-electron chi connectivity index (χ0n) is 28.3. The lowest BCUT2D eigenvalue weighted by atomic mass is 10.00. The number of benzene rings is 2. The Labute approximate surface area is 283 Å². The minimum atomic E-state index is -4.02. The summed E-state index contributed by atoms with van der Waals surface area (Å²) in [5.41, 5.74) is 1.48. The van der Waals surface area contributed by atoms with Crippen LogP contribution in [0.15, 0.2) is 53.4 Å². The summed E-state index contributed by atoms with van der Waals surface area (Å²) in [6, 6.07) is 12.3. The number of nitrogens with zero attached hydrogens (tertiary/aromatic N) is 1. The molecule has 2 saturated heterocycles. The zero-order chi connectivity index (χ0) is 34.9. The van der Waals surface area contributed by atoms with Crippen LogP contribution in [0, 0.1) is 11.8 Å². The Kier molecular flexibility index (Phi) is 13.9. The number of alkyl carbamates (subject to hydrolysis) is 1. The first-order valence-electron chi connectivity index (χ1n) is 16.4. The summed E-state index contributed by atoms with van der Waals surface area (Å²) < 4.78 is 74.7. The van der Waals surface area contributed by atoms with Gasteiger partial charge in [0.05, 0.1) is 62.7 Å². The van der Waals surface area contributed by atoms with Crippen LogP contribution in [-0.4, -0.2) is 95.1 Å². The Morgan fingerprint density at radius 2 is 1.67 bits per heavy atom. The summed E-state index contributed by atoms with van der Waals surface area (Å²) in [7, 11) is -5.84. The quantitative estimate of drug-likeness (QED) is 0.209. The predicted octanol–water partition coefficient (Wildman–Crippen LogP) is 4.57. The van der Waals surface area contributed by atoms with Gasteiger partial charge in [0.1, 0.15) is 11.9 Å². The monoisotopic (exact) mass is 712 g/mol. The molecule has 268 valence electrons. The number of carbonyl (C=O) groups is 1. The number of fused-ring (bicyclic) bond motifs is 1. The van der Waals surface area contributed by atoms with E-state index in [1.54, 1.807) is 50.2 Å². The second kappa shape index (κ2) is 17.4. The molecule has 2 fully saturated rings. The highest BCUT2D eigenvalue weighted by molar-refractivity contribution is 7.89. The number of sulfonamides is 1. The van der Waals surface area contributed by atoms with Crippen molar-refractivity contribution in [3.8, 4) is 5.75 Å². The van der Waals surface area contributed by atoms with Gasteiger partial charge in [-0.2, -0.15) is 4.31 Å². The topological polar surface area (TPSA) is 159 Å². The highest BCUT2D eigenvalue weighted by Gasteiger charge is 2.44. The van der Waals surface area contributed by atoms with E-state index >= 15 is 0 Å². The average molecular weight is 713 g/mol. The summed E-state index contributed by atoms with van der Waals surface area (Å²) in [6.07, 6.45) is -2.03. The van der Waals surface area contributed by atoms with E-state index in [2.05, 4.69) is 5.32 Å². The molecule has 2 heterocycles. The number of rotatable bonds is 18. The third kappa shape index (κ3) is 10.2. The molecule has 13 nitrogen and oxygen atoms in total. The van der Waals surface area contributed by atoms with Gasteiger partial charge < -0.3 is 38.4 Å². The smallest absolute Gasteiger partial charge is 0.407 e. The molecule has 2 aliphatic heterocycles. The molecular weight excluding hydrogens is 663 g/mol. The van der Waals surface area contributed by atoms with Crippen LogP contribution in [0.25, 0.3) is 0 Å². The zero-order valence-corrected chi connectivity index (χ0v) is 30.0. The fourth-order valence-corrected chi connectivity index (χ4v) is 9.17. The van der Waals surface area contributed by atoms with Crippen molar-refractivity contribution in [2.24, 2.45) is 11.8 Å². The van der Waals surface area contributed by atoms with E-state index in [-0.39, 0.29) is 62.2 Å². The van der Waals surface area contributed by atoms with Gasteiger partial charge in [-0.25, -0.2) is 13.2 Å². The van der Waals surface area contributed by atoms with Crippen LogP contribution in [0.2, 0.25) is 0 Å². The number of methoxy groups -OCH3 is 1. The van der Waals surface area contributed by atoms with Gasteiger partial charge in [-0.05, 0) is 68.0 Å². The van der Waals surface area contributed by atoms with Crippen LogP contribution in [0.3, 0.4) is 0 Å². The minimum Gasteiger partial charge on any atom is -0.497 e. The predicted molar refractivity (Wildman–Crippen MR) is 178 cm³/mol. The SMILES string of the molecule is CCOP(=O)(Cc1ccc(C[C@H](NC(=O)O[C@H]2CO[C@H]3OCC[C@H]32)[C@H](O)CN(CC(C)C)S(=O)(=O)c2ccc(OC)cc2)cc1)OCC. The van der Waals surface area contributed by atoms with E-state index < -0.39 is 48.3 Å². The molecule has 2 aromatic rings. The molecule has 0 spiro atoms. The first-order valence-corrected chi connectivity index (χ1v) is 19.5.